The van der Waals surface area contributed by atoms with Crippen molar-refractivity contribution in [1.82, 2.24) is 20.2 Å². The lowest BCUT2D eigenvalue weighted by Gasteiger charge is -2.12. The second-order valence-electron chi connectivity index (χ2n) is 4.81. The molecule has 0 bridgehead atoms. The Bertz CT molecular complexity index is 391. The van der Waals surface area contributed by atoms with Gasteiger partial charge in [0.1, 0.15) is 0 Å². The van der Waals surface area contributed by atoms with Crippen LogP contribution in [0, 0.1) is 0 Å². The fourth-order valence-electron chi connectivity index (χ4n) is 1.34. The van der Waals surface area contributed by atoms with E-state index in [9.17, 15) is 4.79 Å². The van der Waals surface area contributed by atoms with Crippen molar-refractivity contribution in [3.8, 4) is 0 Å². The van der Waals surface area contributed by atoms with Crippen LogP contribution >= 0.6 is 0 Å². The highest BCUT2D eigenvalue weighted by Gasteiger charge is 2.09. The minimum atomic E-state index is -0.130. The van der Waals surface area contributed by atoms with Crippen LogP contribution in [-0.2, 0) is 0 Å². The molecule has 0 saturated heterocycles. The SMILES string of the molecule is CCC(C)NC(=O)c1cnc(NCCN(C)C)nc1. The van der Waals surface area contributed by atoms with Crippen molar-refractivity contribution in [2.75, 3.05) is 32.5 Å². The van der Waals surface area contributed by atoms with Crippen LogP contribution in [0.3, 0.4) is 0 Å². The molecular formula is C13H23N5O. The Labute approximate surface area is 114 Å². The first-order valence-corrected chi connectivity index (χ1v) is 6.54. The van der Waals surface area contributed by atoms with Crippen LogP contribution in [-0.4, -0.2) is 54.0 Å². The summed E-state index contributed by atoms with van der Waals surface area (Å²) >= 11 is 0. The van der Waals surface area contributed by atoms with E-state index in [1.165, 1.54) is 0 Å². The van der Waals surface area contributed by atoms with Crippen molar-refractivity contribution in [1.29, 1.82) is 0 Å². The molecule has 106 valence electrons. The number of nitrogens with one attached hydrogen (secondary N) is 2. The molecule has 0 fully saturated rings. The summed E-state index contributed by atoms with van der Waals surface area (Å²) in [5.74, 6) is 0.413. The number of hydrogen-bond donors (Lipinski definition) is 2. The molecule has 0 saturated carbocycles. The second kappa shape index (κ2) is 7.68. The average Bonchev–Trinajstić information content (AvgIpc) is 2.38. The number of carbonyl (C=O) groups excluding carboxylic acids is 1. The van der Waals surface area contributed by atoms with Gasteiger partial charge in [0.15, 0.2) is 0 Å². The van der Waals surface area contributed by atoms with Gasteiger partial charge in [-0.25, -0.2) is 9.97 Å². The summed E-state index contributed by atoms with van der Waals surface area (Å²) in [6.45, 7) is 5.67. The van der Waals surface area contributed by atoms with Crippen LogP contribution in [0.1, 0.15) is 30.6 Å². The number of hydrogen-bond acceptors (Lipinski definition) is 5. The zero-order valence-electron chi connectivity index (χ0n) is 12.1. The van der Waals surface area contributed by atoms with E-state index < -0.39 is 0 Å². The summed E-state index contributed by atoms with van der Waals surface area (Å²) in [5, 5.41) is 5.98. The second-order valence-corrected chi connectivity index (χ2v) is 4.81. The summed E-state index contributed by atoms with van der Waals surface area (Å²) in [6, 6.07) is 0.158. The highest BCUT2D eigenvalue weighted by Crippen LogP contribution is 2.01. The lowest BCUT2D eigenvalue weighted by atomic mass is 10.2. The topological polar surface area (TPSA) is 70.2 Å². The molecular weight excluding hydrogens is 242 g/mol. The molecule has 1 heterocycles. The van der Waals surface area contributed by atoms with Crippen LogP contribution < -0.4 is 10.6 Å². The van der Waals surface area contributed by atoms with Gasteiger partial charge >= 0.3 is 0 Å². The molecule has 19 heavy (non-hydrogen) atoms. The first-order valence-electron chi connectivity index (χ1n) is 6.54. The van der Waals surface area contributed by atoms with E-state index in [4.69, 9.17) is 0 Å². The summed E-state index contributed by atoms with van der Waals surface area (Å²) in [6.07, 6.45) is 3.99. The maximum Gasteiger partial charge on any atom is 0.254 e. The summed E-state index contributed by atoms with van der Waals surface area (Å²) < 4.78 is 0. The van der Waals surface area contributed by atoms with E-state index in [1.54, 1.807) is 12.4 Å². The third-order valence-electron chi connectivity index (χ3n) is 2.75. The van der Waals surface area contributed by atoms with Gasteiger partial charge in [-0.3, -0.25) is 4.79 Å². The van der Waals surface area contributed by atoms with Gasteiger partial charge in [-0.15, -0.1) is 0 Å². The standard InChI is InChI=1S/C13H23N5O/c1-5-10(2)17-12(19)11-8-15-13(16-9-11)14-6-7-18(3)4/h8-10H,5-7H2,1-4H3,(H,17,19)(H,14,15,16). The third-order valence-corrected chi connectivity index (χ3v) is 2.75. The van der Waals surface area contributed by atoms with Gasteiger partial charge in [-0.05, 0) is 27.4 Å². The molecule has 1 amide bonds. The van der Waals surface area contributed by atoms with Crippen LogP contribution in [0.25, 0.3) is 0 Å². The van der Waals surface area contributed by atoms with Gasteiger partial charge in [-0.2, -0.15) is 0 Å². The Morgan fingerprint density at radius 1 is 1.37 bits per heavy atom. The van der Waals surface area contributed by atoms with Crippen LogP contribution in [0.2, 0.25) is 0 Å². The molecule has 1 rings (SSSR count). The van der Waals surface area contributed by atoms with Gasteiger partial charge in [0.05, 0.1) is 5.56 Å². The Morgan fingerprint density at radius 3 is 2.53 bits per heavy atom. The van der Waals surface area contributed by atoms with Crippen molar-refractivity contribution in [2.45, 2.75) is 26.3 Å². The van der Waals surface area contributed by atoms with Crippen molar-refractivity contribution in [3.05, 3.63) is 18.0 Å². The quantitative estimate of drug-likeness (QED) is 0.769. The molecule has 0 aliphatic carbocycles. The van der Waals surface area contributed by atoms with Gasteiger partial charge in [0.2, 0.25) is 5.95 Å². The number of amides is 1. The molecule has 0 radical (unpaired) electrons. The van der Waals surface area contributed by atoms with Crippen molar-refractivity contribution in [3.63, 3.8) is 0 Å². The van der Waals surface area contributed by atoms with Crippen molar-refractivity contribution >= 4 is 11.9 Å². The molecule has 0 aliphatic rings. The van der Waals surface area contributed by atoms with Crippen molar-refractivity contribution in [2.24, 2.45) is 0 Å². The first-order chi connectivity index (χ1) is 9.02. The minimum absolute atomic E-state index is 0.130. The fourth-order valence-corrected chi connectivity index (χ4v) is 1.34. The van der Waals surface area contributed by atoms with E-state index in [2.05, 4.69) is 25.5 Å². The molecule has 1 aromatic rings. The molecule has 2 N–H and O–H groups in total. The number of carbonyl (C=O) groups is 1. The highest BCUT2D eigenvalue weighted by atomic mass is 16.1. The average molecular weight is 265 g/mol. The smallest absolute Gasteiger partial charge is 0.254 e. The number of anilines is 1. The Kier molecular flexibility index (Phi) is 6.21. The normalized spacial score (nSPS) is 12.3. The molecule has 0 aromatic carbocycles. The fraction of sp³-hybridized carbons (Fsp3) is 0.615. The maximum atomic E-state index is 11.8. The van der Waals surface area contributed by atoms with Gasteiger partial charge in [0.25, 0.3) is 5.91 Å². The van der Waals surface area contributed by atoms with Crippen LogP contribution in [0.4, 0.5) is 5.95 Å². The number of rotatable bonds is 7. The summed E-state index contributed by atoms with van der Waals surface area (Å²) in [4.78, 5) is 22.1. The summed E-state index contributed by atoms with van der Waals surface area (Å²) in [7, 11) is 4.01. The molecule has 1 aromatic heterocycles. The van der Waals surface area contributed by atoms with E-state index in [1.807, 2.05) is 27.9 Å². The van der Waals surface area contributed by atoms with E-state index in [0.29, 0.717) is 11.5 Å². The van der Waals surface area contributed by atoms with E-state index in [0.717, 1.165) is 19.5 Å². The van der Waals surface area contributed by atoms with Gasteiger partial charge < -0.3 is 15.5 Å². The monoisotopic (exact) mass is 265 g/mol. The number of likely N-dealkylation sites (N-methyl/N-ethyl adjacent to an activating group) is 1. The number of nitrogens with zero attached hydrogens (tertiary/aromatic N) is 3. The first kappa shape index (κ1) is 15.4. The van der Waals surface area contributed by atoms with Gasteiger partial charge in [0, 0.05) is 31.5 Å². The Balaban J connectivity index is 2.49. The van der Waals surface area contributed by atoms with Crippen LogP contribution in [0.15, 0.2) is 12.4 Å². The molecule has 6 nitrogen and oxygen atoms in total. The largest absolute Gasteiger partial charge is 0.353 e. The number of aromatic nitrogens is 2. The molecule has 1 atom stereocenters. The molecule has 1 unspecified atom stereocenters. The van der Waals surface area contributed by atoms with Crippen LogP contribution in [0.5, 0.6) is 0 Å². The third kappa shape index (κ3) is 5.65. The Morgan fingerprint density at radius 2 is 2.00 bits per heavy atom. The predicted molar refractivity (Wildman–Crippen MR) is 76.3 cm³/mol. The zero-order valence-corrected chi connectivity index (χ0v) is 12.1. The minimum Gasteiger partial charge on any atom is -0.353 e. The van der Waals surface area contributed by atoms with E-state index in [-0.39, 0.29) is 11.9 Å². The molecule has 0 aliphatic heterocycles. The molecule has 6 heteroatoms. The molecule has 0 spiro atoms. The highest BCUT2D eigenvalue weighted by molar-refractivity contribution is 5.93. The summed E-state index contributed by atoms with van der Waals surface area (Å²) in [5.41, 5.74) is 0.485. The maximum absolute atomic E-state index is 11.8. The lowest BCUT2D eigenvalue weighted by Crippen LogP contribution is -2.32. The Hall–Kier alpha value is -1.69. The van der Waals surface area contributed by atoms with Crippen molar-refractivity contribution < 1.29 is 4.79 Å². The van der Waals surface area contributed by atoms with E-state index >= 15 is 0 Å². The van der Waals surface area contributed by atoms with Gasteiger partial charge in [-0.1, -0.05) is 6.92 Å². The lowest BCUT2D eigenvalue weighted by molar-refractivity contribution is 0.0938. The predicted octanol–water partition coefficient (Wildman–Crippen LogP) is 0.978. The zero-order chi connectivity index (χ0) is 14.3.